The molecule has 1 saturated heterocycles. The zero-order chi connectivity index (χ0) is 28.4. The number of rotatable bonds is 12. The maximum atomic E-state index is 14.7. The van der Waals surface area contributed by atoms with Crippen LogP contribution in [0.4, 0.5) is 0 Å². The molecular formula is C29H38Cl2N2O5S. The summed E-state index contributed by atoms with van der Waals surface area (Å²) in [5.74, 6) is -0.217. The van der Waals surface area contributed by atoms with E-state index in [0.717, 1.165) is 24.0 Å². The molecule has 0 radical (unpaired) electrons. The quantitative estimate of drug-likeness (QED) is 0.323. The Morgan fingerprint density at radius 3 is 2.33 bits per heavy atom. The largest absolute Gasteiger partial charge is 0.394 e. The van der Waals surface area contributed by atoms with Crippen molar-refractivity contribution in [2.24, 2.45) is 11.3 Å². The summed E-state index contributed by atoms with van der Waals surface area (Å²) in [4.78, 5) is 16.6. The molecule has 1 saturated carbocycles. The van der Waals surface area contributed by atoms with Crippen LogP contribution in [0.2, 0.25) is 10.0 Å². The van der Waals surface area contributed by atoms with E-state index < -0.39 is 34.2 Å². The molecule has 2 fully saturated rings. The minimum Gasteiger partial charge on any atom is -0.394 e. The van der Waals surface area contributed by atoms with Gasteiger partial charge in [-0.1, -0.05) is 54.4 Å². The van der Waals surface area contributed by atoms with Gasteiger partial charge in [0.1, 0.15) is 0 Å². The van der Waals surface area contributed by atoms with Crippen LogP contribution < -0.4 is 4.72 Å². The molecule has 0 spiro atoms. The number of aliphatic hydroxyl groups excluding tert-OH is 2. The Labute approximate surface area is 241 Å². The molecule has 0 bridgehead atoms. The SMILES string of the molecule is CC[C@]1(CC(O)CO)C[C@H](c2cccc(Cl)c2)[C@@H](c2ccc(Cl)cc2)N([C@@H](CNS(=O)(=O)CC)C2CC2)C1=O. The highest BCUT2D eigenvalue weighted by atomic mass is 35.5. The van der Waals surface area contributed by atoms with Crippen LogP contribution in [0.3, 0.4) is 0 Å². The third-order valence-electron chi connectivity index (χ3n) is 8.40. The zero-order valence-corrected chi connectivity index (χ0v) is 24.7. The average Bonchev–Trinajstić information content (AvgIpc) is 3.76. The van der Waals surface area contributed by atoms with Gasteiger partial charge >= 0.3 is 0 Å². The number of carbonyl (C=O) groups excluding carboxylic acids is 1. The van der Waals surface area contributed by atoms with Crippen LogP contribution in [0, 0.1) is 11.3 Å². The Morgan fingerprint density at radius 2 is 1.77 bits per heavy atom. The van der Waals surface area contributed by atoms with E-state index >= 15 is 0 Å². The van der Waals surface area contributed by atoms with E-state index in [-0.39, 0.29) is 42.5 Å². The molecule has 1 amide bonds. The second-order valence-corrected chi connectivity index (χ2v) is 13.9. The first-order valence-corrected chi connectivity index (χ1v) is 16.0. The summed E-state index contributed by atoms with van der Waals surface area (Å²) in [7, 11) is -3.49. The molecule has 10 heteroatoms. The van der Waals surface area contributed by atoms with Crippen molar-refractivity contribution in [1.29, 1.82) is 0 Å². The highest BCUT2D eigenvalue weighted by Gasteiger charge is 2.55. The summed E-state index contributed by atoms with van der Waals surface area (Å²) in [6.45, 7) is 3.19. The lowest BCUT2D eigenvalue weighted by Gasteiger charge is -2.53. The van der Waals surface area contributed by atoms with E-state index in [9.17, 15) is 23.4 Å². The number of carbonyl (C=O) groups is 1. The van der Waals surface area contributed by atoms with Gasteiger partial charge in [-0.05, 0) is 80.3 Å². The number of nitrogens with zero attached hydrogens (tertiary/aromatic N) is 1. The van der Waals surface area contributed by atoms with Crippen LogP contribution in [0.25, 0.3) is 0 Å². The van der Waals surface area contributed by atoms with Gasteiger partial charge in [-0.2, -0.15) is 0 Å². The first-order valence-electron chi connectivity index (χ1n) is 13.6. The van der Waals surface area contributed by atoms with Gasteiger partial charge in [0, 0.05) is 28.5 Å². The van der Waals surface area contributed by atoms with Gasteiger partial charge in [0.25, 0.3) is 0 Å². The molecule has 7 nitrogen and oxygen atoms in total. The minimum absolute atomic E-state index is 0.0499. The van der Waals surface area contributed by atoms with Crippen molar-refractivity contribution < 1.29 is 23.4 Å². The molecule has 0 aromatic heterocycles. The molecule has 39 heavy (non-hydrogen) atoms. The smallest absolute Gasteiger partial charge is 0.229 e. The van der Waals surface area contributed by atoms with Crippen molar-refractivity contribution in [2.75, 3.05) is 18.9 Å². The number of hydrogen-bond acceptors (Lipinski definition) is 5. The number of hydrogen-bond donors (Lipinski definition) is 3. The predicted octanol–water partition coefficient (Wildman–Crippen LogP) is 4.91. The first kappa shape index (κ1) is 30.3. The lowest BCUT2D eigenvalue weighted by atomic mass is 9.64. The number of benzene rings is 2. The first-order chi connectivity index (χ1) is 18.5. The molecule has 4 rings (SSSR count). The number of aliphatic hydroxyl groups is 2. The van der Waals surface area contributed by atoms with Gasteiger partial charge in [0.2, 0.25) is 15.9 Å². The molecule has 5 atom stereocenters. The standard InChI is InChI=1S/C29H38Cl2N2O5S/c1-3-29(15-24(35)18-34)16-25(21-6-5-7-23(31)14-21)27(20-10-12-22(30)13-11-20)33(28(29)36)26(19-8-9-19)17-32-39(37,38)4-2/h5-7,10-14,19,24-27,32,34-35H,3-4,8-9,15-18H2,1-2H3/t24?,25-,26+,27-,29+/m1/s1. The molecule has 3 N–H and O–H groups in total. The number of likely N-dealkylation sites (tertiary alicyclic amines) is 1. The fraction of sp³-hybridized carbons (Fsp3) is 0.552. The fourth-order valence-electron chi connectivity index (χ4n) is 6.07. The summed E-state index contributed by atoms with van der Waals surface area (Å²) >= 11 is 12.7. The summed E-state index contributed by atoms with van der Waals surface area (Å²) < 4.78 is 27.7. The molecule has 2 aliphatic rings. The molecule has 214 valence electrons. The number of piperidine rings is 1. The second-order valence-electron chi connectivity index (χ2n) is 10.9. The second kappa shape index (κ2) is 12.5. The third-order valence-corrected chi connectivity index (χ3v) is 10.3. The van der Waals surface area contributed by atoms with Crippen LogP contribution in [0.15, 0.2) is 48.5 Å². The van der Waals surface area contributed by atoms with Crippen LogP contribution in [-0.4, -0.2) is 60.5 Å². The topological polar surface area (TPSA) is 107 Å². The predicted molar refractivity (Wildman–Crippen MR) is 154 cm³/mol. The van der Waals surface area contributed by atoms with Gasteiger partial charge in [-0.25, -0.2) is 13.1 Å². The van der Waals surface area contributed by atoms with Crippen LogP contribution in [0.5, 0.6) is 0 Å². The maximum absolute atomic E-state index is 14.7. The molecule has 1 aliphatic heterocycles. The summed E-state index contributed by atoms with van der Waals surface area (Å²) in [5, 5.41) is 21.5. The molecular weight excluding hydrogens is 559 g/mol. The summed E-state index contributed by atoms with van der Waals surface area (Å²) in [6.07, 6.45) is 1.76. The molecule has 1 unspecified atom stereocenters. The Bertz CT molecular complexity index is 1250. The molecule has 2 aromatic carbocycles. The minimum atomic E-state index is -3.49. The lowest BCUT2D eigenvalue weighted by Crippen LogP contribution is -2.60. The molecule has 1 aliphatic carbocycles. The Hall–Kier alpha value is -1.68. The van der Waals surface area contributed by atoms with Crippen molar-refractivity contribution in [1.82, 2.24) is 9.62 Å². The van der Waals surface area contributed by atoms with Crippen molar-refractivity contribution in [2.45, 2.75) is 70.1 Å². The third kappa shape index (κ3) is 6.80. The fourth-order valence-corrected chi connectivity index (χ4v) is 7.03. The monoisotopic (exact) mass is 596 g/mol. The van der Waals surface area contributed by atoms with Gasteiger partial charge in [0.15, 0.2) is 0 Å². The Kier molecular flexibility index (Phi) is 9.67. The Morgan fingerprint density at radius 1 is 1.08 bits per heavy atom. The van der Waals surface area contributed by atoms with Crippen molar-refractivity contribution in [3.63, 3.8) is 0 Å². The number of sulfonamides is 1. The van der Waals surface area contributed by atoms with Gasteiger partial charge < -0.3 is 15.1 Å². The van der Waals surface area contributed by atoms with E-state index in [4.69, 9.17) is 23.2 Å². The Balaban J connectivity index is 1.91. The van der Waals surface area contributed by atoms with E-state index in [2.05, 4.69) is 4.72 Å². The van der Waals surface area contributed by atoms with Crippen molar-refractivity contribution in [3.05, 3.63) is 69.7 Å². The lowest BCUT2D eigenvalue weighted by molar-refractivity contribution is -0.160. The van der Waals surface area contributed by atoms with E-state index in [1.807, 2.05) is 48.2 Å². The highest BCUT2D eigenvalue weighted by molar-refractivity contribution is 7.89. The van der Waals surface area contributed by atoms with Crippen LogP contribution >= 0.6 is 23.2 Å². The maximum Gasteiger partial charge on any atom is 0.229 e. The average molecular weight is 598 g/mol. The zero-order valence-electron chi connectivity index (χ0n) is 22.4. The van der Waals surface area contributed by atoms with Gasteiger partial charge in [-0.15, -0.1) is 0 Å². The summed E-state index contributed by atoms with van der Waals surface area (Å²) in [5.41, 5.74) is 0.906. The highest BCUT2D eigenvalue weighted by Crippen LogP contribution is 2.55. The van der Waals surface area contributed by atoms with Crippen molar-refractivity contribution >= 4 is 39.1 Å². The number of amides is 1. The number of nitrogens with one attached hydrogen (secondary N) is 1. The van der Waals surface area contributed by atoms with Crippen LogP contribution in [-0.2, 0) is 14.8 Å². The van der Waals surface area contributed by atoms with Gasteiger partial charge in [0.05, 0.1) is 29.9 Å². The molecule has 2 aromatic rings. The van der Waals surface area contributed by atoms with E-state index in [0.29, 0.717) is 22.9 Å². The summed E-state index contributed by atoms with van der Waals surface area (Å²) in [6, 6.07) is 14.3. The van der Waals surface area contributed by atoms with Crippen molar-refractivity contribution in [3.8, 4) is 0 Å². The van der Waals surface area contributed by atoms with E-state index in [1.54, 1.807) is 19.1 Å². The van der Waals surface area contributed by atoms with Gasteiger partial charge in [-0.3, -0.25) is 4.79 Å². The van der Waals surface area contributed by atoms with Crippen LogP contribution in [0.1, 0.15) is 69.0 Å². The molecule has 1 heterocycles. The van der Waals surface area contributed by atoms with E-state index in [1.165, 1.54) is 0 Å². The normalized spacial score (nSPS) is 25.5. The number of halogens is 2.